The minimum absolute atomic E-state index is 0.0173. The van der Waals surface area contributed by atoms with Gasteiger partial charge in [0.15, 0.2) is 0 Å². The Morgan fingerprint density at radius 2 is 1.23 bits per heavy atom. The van der Waals surface area contributed by atoms with Gasteiger partial charge in [-0.3, -0.25) is 0 Å². The first-order chi connectivity index (χ1) is 13.6. The second-order valence-electron chi connectivity index (χ2n) is 5.59. The van der Waals surface area contributed by atoms with Crippen molar-refractivity contribution in [3.05, 3.63) is 12.2 Å². The van der Waals surface area contributed by atoms with Crippen molar-refractivity contribution in [1.29, 1.82) is 0 Å². The summed E-state index contributed by atoms with van der Waals surface area (Å²) in [4.78, 5) is 10.9. The van der Waals surface area contributed by atoms with Crippen LogP contribution in [0.2, 0.25) is 0 Å². The molecule has 31 heavy (non-hydrogen) atoms. The molecule has 0 spiro atoms. The molecule has 176 valence electrons. The first kappa shape index (κ1) is 28.4. The van der Waals surface area contributed by atoms with E-state index in [1.807, 2.05) is 0 Å². The highest BCUT2D eigenvalue weighted by Gasteiger charge is 2.90. The molecule has 0 amide bonds. The second kappa shape index (κ2) is 8.88. The maximum Gasteiger partial charge on any atom is 0.460 e. The van der Waals surface area contributed by atoms with Crippen LogP contribution in [0.3, 0.4) is 0 Å². The number of alkyl halides is 13. The van der Waals surface area contributed by atoms with Gasteiger partial charge in [-0.25, -0.2) is 4.79 Å². The Hall–Kier alpha value is -2.58. The summed E-state index contributed by atoms with van der Waals surface area (Å²) >= 11 is 0. The van der Waals surface area contributed by atoms with Crippen LogP contribution in [0.1, 0.15) is 13.3 Å². The van der Waals surface area contributed by atoms with Gasteiger partial charge in [0.2, 0.25) is 0 Å². The van der Waals surface area contributed by atoms with Gasteiger partial charge in [0.05, 0.1) is 0 Å². The van der Waals surface area contributed by atoms with Gasteiger partial charge in [-0.1, -0.05) is 12.5 Å². The molecule has 0 N–H and O–H groups in total. The molecule has 0 heterocycles. The fourth-order valence-electron chi connectivity index (χ4n) is 1.38. The van der Waals surface area contributed by atoms with Gasteiger partial charge in [0.1, 0.15) is 6.61 Å². The van der Waals surface area contributed by atoms with E-state index in [0.717, 1.165) is 5.92 Å². The molecule has 0 aliphatic rings. The third kappa shape index (κ3) is 5.37. The van der Waals surface area contributed by atoms with Crippen molar-refractivity contribution in [2.24, 2.45) is 0 Å². The SMILES string of the molecule is C=C(C)C(=O)OCCC#CC#CC(F)(F)C(F)(F)C(F)(F)C(F)(F)C(F)(F)C(F)(F)F. The lowest BCUT2D eigenvalue weighted by Crippen LogP contribution is -2.69. The Kier molecular flexibility index (Phi) is 8.14. The first-order valence-corrected chi connectivity index (χ1v) is 7.36. The molecule has 0 radical (unpaired) electrons. The Bertz CT molecular complexity index is 816. The highest BCUT2D eigenvalue weighted by atomic mass is 19.4. The number of carbonyl (C=O) groups is 1. The van der Waals surface area contributed by atoms with Gasteiger partial charge in [-0.05, 0) is 24.7 Å². The lowest BCUT2D eigenvalue weighted by Gasteiger charge is -2.38. The number of carbonyl (C=O) groups excluding carboxylic acids is 1. The van der Waals surface area contributed by atoms with E-state index in [-0.39, 0.29) is 11.5 Å². The largest absolute Gasteiger partial charge is 0.461 e. The van der Waals surface area contributed by atoms with Gasteiger partial charge in [0.25, 0.3) is 0 Å². The third-order valence-corrected chi connectivity index (χ3v) is 3.11. The summed E-state index contributed by atoms with van der Waals surface area (Å²) in [6.07, 6.45) is -7.93. The summed E-state index contributed by atoms with van der Waals surface area (Å²) in [5, 5.41) is 0. The van der Waals surface area contributed by atoms with Crippen LogP contribution in [0.25, 0.3) is 0 Å². The molecular weight excluding hydrogens is 471 g/mol. The zero-order chi connectivity index (χ0) is 25.1. The van der Waals surface area contributed by atoms with Crippen molar-refractivity contribution in [2.45, 2.75) is 49.1 Å². The maximum absolute atomic E-state index is 13.3. The molecule has 0 rings (SSSR count). The minimum atomic E-state index is -7.98. The summed E-state index contributed by atoms with van der Waals surface area (Å²) in [5.74, 6) is -34.5. The number of hydrogen-bond acceptors (Lipinski definition) is 2. The summed E-state index contributed by atoms with van der Waals surface area (Å²) in [6, 6.07) is 0. The van der Waals surface area contributed by atoms with Crippen molar-refractivity contribution in [3.63, 3.8) is 0 Å². The molecule has 0 unspecified atom stereocenters. The minimum Gasteiger partial charge on any atom is -0.461 e. The Morgan fingerprint density at radius 1 is 0.774 bits per heavy atom. The fraction of sp³-hybridized carbons (Fsp3) is 0.562. The average Bonchev–Trinajstić information content (AvgIpc) is 2.58. The monoisotopic (exact) mass is 480 g/mol. The molecule has 0 aromatic carbocycles. The number of halogens is 13. The van der Waals surface area contributed by atoms with E-state index in [1.54, 1.807) is 5.92 Å². The highest BCUT2D eigenvalue weighted by Crippen LogP contribution is 2.60. The van der Waals surface area contributed by atoms with Crippen LogP contribution < -0.4 is 0 Å². The lowest BCUT2D eigenvalue weighted by atomic mass is 9.94. The van der Waals surface area contributed by atoms with E-state index in [4.69, 9.17) is 0 Å². The topological polar surface area (TPSA) is 26.3 Å². The molecule has 15 heteroatoms. The molecule has 2 nitrogen and oxygen atoms in total. The van der Waals surface area contributed by atoms with Crippen LogP contribution >= 0.6 is 0 Å². The van der Waals surface area contributed by atoms with Crippen LogP contribution in [-0.2, 0) is 9.53 Å². The van der Waals surface area contributed by atoms with Crippen LogP contribution in [0.4, 0.5) is 57.1 Å². The van der Waals surface area contributed by atoms with E-state index < -0.39 is 54.8 Å². The van der Waals surface area contributed by atoms with Crippen molar-refractivity contribution in [3.8, 4) is 23.7 Å². The Labute approximate surface area is 165 Å². The Balaban J connectivity index is 5.69. The van der Waals surface area contributed by atoms with Crippen LogP contribution in [-0.4, -0.2) is 48.4 Å². The lowest BCUT2D eigenvalue weighted by molar-refractivity contribution is -0.435. The van der Waals surface area contributed by atoms with Crippen molar-refractivity contribution < 1.29 is 66.6 Å². The normalized spacial score (nSPS) is 13.5. The zero-order valence-corrected chi connectivity index (χ0v) is 14.9. The van der Waals surface area contributed by atoms with Crippen molar-refractivity contribution in [2.75, 3.05) is 6.61 Å². The molecule has 0 saturated heterocycles. The molecule has 0 fully saturated rings. The van der Waals surface area contributed by atoms with Crippen molar-refractivity contribution >= 4 is 5.97 Å². The molecule has 0 aliphatic heterocycles. The van der Waals surface area contributed by atoms with E-state index in [9.17, 15) is 61.9 Å². The molecule has 0 aromatic heterocycles. The molecule has 0 bridgehead atoms. The summed E-state index contributed by atoms with van der Waals surface area (Å²) in [5.41, 5.74) is -0.0385. The molecule has 0 atom stereocenters. The molecule has 0 saturated carbocycles. The zero-order valence-electron chi connectivity index (χ0n) is 14.9. The van der Waals surface area contributed by atoms with Crippen molar-refractivity contribution in [1.82, 2.24) is 0 Å². The Morgan fingerprint density at radius 3 is 1.65 bits per heavy atom. The van der Waals surface area contributed by atoms with E-state index in [1.165, 1.54) is 12.8 Å². The smallest absolute Gasteiger partial charge is 0.460 e. The van der Waals surface area contributed by atoms with E-state index >= 15 is 0 Å². The molecular formula is C16H9F13O2. The number of rotatable bonds is 7. The van der Waals surface area contributed by atoms with Crippen LogP contribution in [0, 0.1) is 23.7 Å². The number of esters is 1. The number of hydrogen-bond donors (Lipinski definition) is 0. The molecule has 0 aliphatic carbocycles. The number of ether oxygens (including phenoxy) is 1. The summed E-state index contributed by atoms with van der Waals surface area (Å²) in [7, 11) is 0. The third-order valence-electron chi connectivity index (χ3n) is 3.11. The fourth-order valence-corrected chi connectivity index (χ4v) is 1.38. The second-order valence-corrected chi connectivity index (χ2v) is 5.59. The van der Waals surface area contributed by atoms with Gasteiger partial charge in [-0.15, -0.1) is 0 Å². The standard InChI is InChI=1S/C16H9F13O2/c1-9(2)10(30)31-8-6-4-3-5-7-11(17,18)12(19,20)13(21,22)14(23,24)15(25,26)16(27,28)29/h1,6,8H2,2H3. The first-order valence-electron chi connectivity index (χ1n) is 7.36. The quantitative estimate of drug-likeness (QED) is 0.164. The van der Waals surface area contributed by atoms with Crippen LogP contribution in [0.5, 0.6) is 0 Å². The predicted octanol–water partition coefficient (Wildman–Crippen LogP) is 5.24. The van der Waals surface area contributed by atoms with E-state index in [2.05, 4.69) is 11.3 Å². The van der Waals surface area contributed by atoms with E-state index in [0.29, 0.717) is 0 Å². The molecule has 0 aromatic rings. The van der Waals surface area contributed by atoms with Gasteiger partial charge >= 0.3 is 41.8 Å². The van der Waals surface area contributed by atoms with Gasteiger partial charge in [0, 0.05) is 12.0 Å². The van der Waals surface area contributed by atoms with Gasteiger partial charge < -0.3 is 4.74 Å². The predicted molar refractivity (Wildman–Crippen MR) is 76.7 cm³/mol. The van der Waals surface area contributed by atoms with Crippen LogP contribution in [0.15, 0.2) is 12.2 Å². The average molecular weight is 480 g/mol. The highest BCUT2D eigenvalue weighted by molar-refractivity contribution is 5.86. The van der Waals surface area contributed by atoms with Gasteiger partial charge in [-0.2, -0.15) is 57.1 Å². The maximum atomic E-state index is 13.3. The summed E-state index contributed by atoms with van der Waals surface area (Å²) in [6.45, 7) is 3.96. The summed E-state index contributed by atoms with van der Waals surface area (Å²) < 4.78 is 171.